The first-order chi connectivity index (χ1) is 13.3. The number of hydrogen-bond acceptors (Lipinski definition) is 6. The van der Waals surface area contributed by atoms with E-state index in [9.17, 15) is 13.2 Å². The van der Waals surface area contributed by atoms with Gasteiger partial charge in [0, 0.05) is 18.7 Å². The molecule has 9 nitrogen and oxygen atoms in total. The summed E-state index contributed by atoms with van der Waals surface area (Å²) in [6.45, 7) is 1.53. The maximum Gasteiger partial charge on any atom is 0.244 e. The molecule has 150 valence electrons. The third-order valence-electron chi connectivity index (χ3n) is 5.24. The van der Waals surface area contributed by atoms with Crippen molar-refractivity contribution in [1.82, 2.24) is 24.0 Å². The van der Waals surface area contributed by atoms with Crippen molar-refractivity contribution in [2.45, 2.75) is 31.5 Å². The van der Waals surface area contributed by atoms with Crippen molar-refractivity contribution in [2.75, 3.05) is 25.9 Å². The fraction of sp³-hybridized carbons (Fsp3) is 0.500. The van der Waals surface area contributed by atoms with E-state index in [4.69, 9.17) is 4.74 Å². The van der Waals surface area contributed by atoms with Crippen LogP contribution in [-0.4, -0.2) is 69.8 Å². The van der Waals surface area contributed by atoms with E-state index in [2.05, 4.69) is 10.1 Å². The molecule has 28 heavy (non-hydrogen) atoms. The lowest BCUT2D eigenvalue weighted by Crippen LogP contribution is -2.58. The summed E-state index contributed by atoms with van der Waals surface area (Å²) < 4.78 is 34.1. The average Bonchev–Trinajstić information content (AvgIpc) is 3.09. The normalized spacial score (nSPS) is 23.1. The van der Waals surface area contributed by atoms with Crippen LogP contribution in [-0.2, 0) is 27.9 Å². The highest BCUT2D eigenvalue weighted by atomic mass is 32.2. The molecule has 2 aliphatic heterocycles. The molecule has 1 aromatic carbocycles. The van der Waals surface area contributed by atoms with E-state index < -0.39 is 15.6 Å². The number of carbonyl (C=O) groups excluding carboxylic acids is 1. The topological polar surface area (TPSA) is 97.6 Å². The summed E-state index contributed by atoms with van der Waals surface area (Å²) in [5.74, 6) is 0.593. The number of piperidine rings is 1. The van der Waals surface area contributed by atoms with Gasteiger partial charge in [-0.25, -0.2) is 18.1 Å². The Morgan fingerprint density at radius 2 is 2.11 bits per heavy atom. The van der Waals surface area contributed by atoms with Gasteiger partial charge in [-0.3, -0.25) is 4.79 Å². The van der Waals surface area contributed by atoms with Crippen molar-refractivity contribution in [2.24, 2.45) is 0 Å². The number of fused-ring (bicyclic) bond motifs is 1. The van der Waals surface area contributed by atoms with Gasteiger partial charge in [-0.05, 0) is 18.9 Å². The predicted octanol–water partition coefficient (Wildman–Crippen LogP) is 0.493. The van der Waals surface area contributed by atoms with Crippen LogP contribution < -0.4 is 4.74 Å². The molecule has 0 radical (unpaired) electrons. The number of carbonyl (C=O) groups is 1. The quantitative estimate of drug-likeness (QED) is 0.737. The fourth-order valence-corrected chi connectivity index (χ4v) is 4.72. The summed E-state index contributed by atoms with van der Waals surface area (Å²) in [5, 5.41) is 3.98. The molecule has 0 unspecified atom stereocenters. The van der Waals surface area contributed by atoms with Crippen LogP contribution in [0.3, 0.4) is 0 Å². The number of nitrogens with zero attached hydrogens (tertiary/aromatic N) is 5. The highest BCUT2D eigenvalue weighted by molar-refractivity contribution is 7.88. The molecule has 2 aliphatic rings. The number of amides is 1. The van der Waals surface area contributed by atoms with E-state index in [1.807, 2.05) is 24.3 Å². The van der Waals surface area contributed by atoms with E-state index in [0.29, 0.717) is 25.3 Å². The van der Waals surface area contributed by atoms with Crippen molar-refractivity contribution in [3.63, 3.8) is 0 Å². The van der Waals surface area contributed by atoms with Gasteiger partial charge in [-0.2, -0.15) is 9.40 Å². The minimum atomic E-state index is -3.42. The molecule has 1 saturated heterocycles. The van der Waals surface area contributed by atoms with E-state index in [0.717, 1.165) is 12.0 Å². The summed E-state index contributed by atoms with van der Waals surface area (Å²) in [4.78, 5) is 18.3. The van der Waals surface area contributed by atoms with Gasteiger partial charge in [-0.1, -0.05) is 18.2 Å². The lowest BCUT2D eigenvalue weighted by atomic mass is 9.92. The molecule has 1 atom stereocenters. The summed E-state index contributed by atoms with van der Waals surface area (Å²) in [6, 6.07) is 7.48. The first-order valence-corrected chi connectivity index (χ1v) is 11.0. The number of benzene rings is 1. The molecule has 0 aliphatic carbocycles. The molecule has 3 heterocycles. The molecule has 1 spiro atoms. The molecule has 0 bridgehead atoms. The molecular weight excluding hydrogens is 382 g/mol. The Morgan fingerprint density at radius 3 is 2.86 bits per heavy atom. The van der Waals surface area contributed by atoms with Gasteiger partial charge in [0.25, 0.3) is 0 Å². The minimum absolute atomic E-state index is 0.0865. The monoisotopic (exact) mass is 405 g/mol. The number of sulfonamides is 1. The number of rotatable bonds is 3. The van der Waals surface area contributed by atoms with Crippen molar-refractivity contribution in [3.8, 4) is 5.75 Å². The van der Waals surface area contributed by atoms with Crippen LogP contribution in [0.5, 0.6) is 5.75 Å². The Balaban J connectivity index is 1.61. The van der Waals surface area contributed by atoms with Gasteiger partial charge in [0.1, 0.15) is 30.5 Å². The van der Waals surface area contributed by atoms with Gasteiger partial charge in [0.2, 0.25) is 15.9 Å². The Morgan fingerprint density at radius 1 is 1.29 bits per heavy atom. The highest BCUT2D eigenvalue weighted by Crippen LogP contribution is 2.35. The second kappa shape index (κ2) is 7.17. The van der Waals surface area contributed by atoms with E-state index in [-0.39, 0.29) is 25.5 Å². The summed E-state index contributed by atoms with van der Waals surface area (Å²) in [6.07, 6.45) is 5.52. The second-order valence-corrected chi connectivity index (χ2v) is 9.42. The van der Waals surface area contributed by atoms with Crippen LogP contribution >= 0.6 is 0 Å². The summed E-state index contributed by atoms with van der Waals surface area (Å²) in [5.41, 5.74) is 0.0576. The van der Waals surface area contributed by atoms with Crippen LogP contribution in [0, 0.1) is 0 Å². The van der Waals surface area contributed by atoms with Crippen LogP contribution in [0.1, 0.15) is 18.4 Å². The highest BCUT2D eigenvalue weighted by Gasteiger charge is 2.44. The number of hydrogen-bond donors (Lipinski definition) is 0. The molecule has 1 aromatic heterocycles. The maximum absolute atomic E-state index is 12.8. The van der Waals surface area contributed by atoms with Crippen LogP contribution in [0.25, 0.3) is 0 Å². The Hall–Kier alpha value is -2.46. The van der Waals surface area contributed by atoms with Crippen molar-refractivity contribution in [1.29, 1.82) is 0 Å². The average molecular weight is 405 g/mol. The molecule has 1 fully saturated rings. The smallest absolute Gasteiger partial charge is 0.244 e. The minimum Gasteiger partial charge on any atom is -0.484 e. The number of aromatic nitrogens is 3. The molecular formula is C18H23N5O4S. The lowest BCUT2D eigenvalue weighted by molar-refractivity contribution is -0.138. The number of likely N-dealkylation sites (tertiary alicyclic amines) is 1. The molecule has 1 amide bonds. The van der Waals surface area contributed by atoms with Crippen LogP contribution in [0.15, 0.2) is 36.9 Å². The SMILES string of the molecule is CS(=O)(=O)N1Cc2ccccc2O[C@]2(CCCN(C(=O)Cn3cncn3)C2)C1. The van der Waals surface area contributed by atoms with Crippen molar-refractivity contribution in [3.05, 3.63) is 42.5 Å². The Labute approximate surface area is 164 Å². The summed E-state index contributed by atoms with van der Waals surface area (Å²) >= 11 is 0. The molecule has 2 aromatic rings. The van der Waals surface area contributed by atoms with E-state index in [1.165, 1.54) is 27.9 Å². The molecule has 0 saturated carbocycles. The Bertz CT molecular complexity index is 962. The third-order valence-corrected chi connectivity index (χ3v) is 6.43. The zero-order valence-corrected chi connectivity index (χ0v) is 16.5. The number of ether oxygens (including phenoxy) is 1. The Kier molecular flexibility index (Phi) is 4.84. The van der Waals surface area contributed by atoms with Gasteiger partial charge < -0.3 is 9.64 Å². The van der Waals surface area contributed by atoms with Gasteiger partial charge in [-0.15, -0.1) is 0 Å². The molecule has 0 N–H and O–H groups in total. The van der Waals surface area contributed by atoms with Crippen LogP contribution in [0.2, 0.25) is 0 Å². The maximum atomic E-state index is 12.8. The van der Waals surface area contributed by atoms with Gasteiger partial charge in [0.15, 0.2) is 0 Å². The standard InChI is InChI=1S/C18H23N5O4S/c1-28(25,26)23-9-15-5-2-3-6-16(15)27-18(12-23)7-4-8-21(11-18)17(24)10-22-14-19-13-20-22/h2-3,5-6,13-14H,4,7-12H2,1H3/t18-/m0/s1. The molecule has 4 rings (SSSR count). The predicted molar refractivity (Wildman–Crippen MR) is 101 cm³/mol. The third kappa shape index (κ3) is 3.88. The van der Waals surface area contributed by atoms with Gasteiger partial charge >= 0.3 is 0 Å². The number of para-hydroxylation sites is 1. The fourth-order valence-electron chi connectivity index (χ4n) is 3.88. The van der Waals surface area contributed by atoms with Crippen molar-refractivity contribution < 1.29 is 17.9 Å². The first kappa shape index (κ1) is 18.9. The zero-order chi connectivity index (χ0) is 19.8. The van der Waals surface area contributed by atoms with Crippen molar-refractivity contribution >= 4 is 15.9 Å². The van der Waals surface area contributed by atoms with E-state index >= 15 is 0 Å². The molecule has 10 heteroatoms. The second-order valence-electron chi connectivity index (χ2n) is 7.44. The first-order valence-electron chi connectivity index (χ1n) is 9.17. The zero-order valence-electron chi connectivity index (χ0n) is 15.7. The van der Waals surface area contributed by atoms with E-state index in [1.54, 1.807) is 4.90 Å². The summed E-state index contributed by atoms with van der Waals surface area (Å²) in [7, 11) is -3.42. The van der Waals surface area contributed by atoms with Gasteiger partial charge in [0.05, 0.1) is 19.3 Å². The van der Waals surface area contributed by atoms with Crippen LogP contribution in [0.4, 0.5) is 0 Å². The lowest BCUT2D eigenvalue weighted by Gasteiger charge is -2.43. The largest absolute Gasteiger partial charge is 0.484 e.